The molecule has 3 aromatic rings. The number of hydrogen-bond donors (Lipinski definition) is 1. The van der Waals surface area contributed by atoms with Gasteiger partial charge in [-0.25, -0.2) is 4.68 Å². The van der Waals surface area contributed by atoms with E-state index in [0.717, 1.165) is 34.6 Å². The number of hydrogen-bond acceptors (Lipinski definition) is 3. The highest BCUT2D eigenvalue weighted by atomic mass is 79.9. The number of nitrogens with zero attached hydrogens (tertiary/aromatic N) is 3. The minimum atomic E-state index is -0.142. The van der Waals surface area contributed by atoms with Gasteiger partial charge in [0.15, 0.2) is 0 Å². The molecule has 1 saturated heterocycles. The van der Waals surface area contributed by atoms with E-state index < -0.39 is 0 Å². The van der Waals surface area contributed by atoms with Crippen LogP contribution in [0.4, 0.5) is 11.4 Å². The van der Waals surface area contributed by atoms with Gasteiger partial charge in [0.2, 0.25) is 0 Å². The van der Waals surface area contributed by atoms with E-state index in [1.54, 1.807) is 10.9 Å². The Morgan fingerprint density at radius 2 is 1.79 bits per heavy atom. The third kappa shape index (κ3) is 3.97. The van der Waals surface area contributed by atoms with Gasteiger partial charge in [0.25, 0.3) is 5.91 Å². The molecule has 28 heavy (non-hydrogen) atoms. The fourth-order valence-corrected chi connectivity index (χ4v) is 3.87. The lowest BCUT2D eigenvalue weighted by Gasteiger charge is -2.29. The minimum Gasteiger partial charge on any atom is -0.371 e. The van der Waals surface area contributed by atoms with Crippen molar-refractivity contribution in [1.29, 1.82) is 0 Å². The molecule has 0 saturated carbocycles. The van der Waals surface area contributed by atoms with Crippen LogP contribution in [0.1, 0.15) is 35.3 Å². The van der Waals surface area contributed by atoms with Crippen molar-refractivity contribution in [3.05, 3.63) is 70.5 Å². The van der Waals surface area contributed by atoms with Gasteiger partial charge in [-0.05, 0) is 68.7 Å². The van der Waals surface area contributed by atoms with Gasteiger partial charge in [-0.3, -0.25) is 4.79 Å². The van der Waals surface area contributed by atoms with Crippen LogP contribution in [0.3, 0.4) is 0 Å². The Labute approximate surface area is 173 Å². The van der Waals surface area contributed by atoms with E-state index in [0.29, 0.717) is 5.56 Å². The van der Waals surface area contributed by atoms with E-state index in [9.17, 15) is 4.79 Å². The van der Waals surface area contributed by atoms with Crippen molar-refractivity contribution in [3.63, 3.8) is 0 Å². The lowest BCUT2D eigenvalue weighted by Crippen LogP contribution is -2.29. The Bertz CT molecular complexity index is 974. The summed E-state index contributed by atoms with van der Waals surface area (Å²) in [4.78, 5) is 15.2. The first-order valence-electron chi connectivity index (χ1n) is 9.59. The molecule has 0 aliphatic carbocycles. The standard InChI is InChI=1S/C22H23BrN4O/c1-16-21(15-24-27(16)19-10-8-17(23)9-11-19)22(28)25-18-6-5-7-20(14-18)26-12-3-2-4-13-26/h5-11,14-15H,2-4,12-13H2,1H3,(H,25,28). The van der Waals surface area contributed by atoms with Crippen LogP contribution in [-0.4, -0.2) is 28.8 Å². The predicted octanol–water partition coefficient (Wildman–Crippen LogP) is 5.19. The Kier molecular flexibility index (Phi) is 5.48. The predicted molar refractivity (Wildman–Crippen MR) is 116 cm³/mol. The van der Waals surface area contributed by atoms with Gasteiger partial charge >= 0.3 is 0 Å². The highest BCUT2D eigenvalue weighted by Gasteiger charge is 2.16. The molecule has 4 rings (SSSR count). The Morgan fingerprint density at radius 3 is 2.54 bits per heavy atom. The van der Waals surface area contributed by atoms with Crippen molar-refractivity contribution in [2.24, 2.45) is 0 Å². The van der Waals surface area contributed by atoms with Crippen molar-refractivity contribution < 1.29 is 4.79 Å². The van der Waals surface area contributed by atoms with E-state index in [2.05, 4.69) is 43.4 Å². The molecule has 1 aliphatic rings. The number of anilines is 2. The smallest absolute Gasteiger partial charge is 0.259 e. The van der Waals surface area contributed by atoms with Crippen molar-refractivity contribution in [3.8, 4) is 5.69 Å². The largest absolute Gasteiger partial charge is 0.371 e. The number of piperidine rings is 1. The second kappa shape index (κ2) is 8.19. The van der Waals surface area contributed by atoms with E-state index in [4.69, 9.17) is 0 Å². The van der Waals surface area contributed by atoms with Gasteiger partial charge in [-0.15, -0.1) is 0 Å². The molecule has 0 spiro atoms. The van der Waals surface area contributed by atoms with Gasteiger partial charge in [-0.2, -0.15) is 5.10 Å². The maximum atomic E-state index is 12.8. The summed E-state index contributed by atoms with van der Waals surface area (Å²) in [5.41, 5.74) is 4.29. The molecular formula is C22H23BrN4O. The normalized spacial score (nSPS) is 14.1. The van der Waals surface area contributed by atoms with Crippen LogP contribution < -0.4 is 10.2 Å². The highest BCUT2D eigenvalue weighted by molar-refractivity contribution is 9.10. The SMILES string of the molecule is Cc1c(C(=O)Nc2cccc(N3CCCCC3)c2)cnn1-c1ccc(Br)cc1. The molecule has 2 heterocycles. The molecule has 2 aromatic carbocycles. The summed E-state index contributed by atoms with van der Waals surface area (Å²) in [6, 6.07) is 15.9. The molecule has 0 bridgehead atoms. The molecular weight excluding hydrogens is 416 g/mol. The number of aromatic nitrogens is 2. The maximum Gasteiger partial charge on any atom is 0.259 e. The number of benzene rings is 2. The molecule has 1 aromatic heterocycles. The zero-order chi connectivity index (χ0) is 19.5. The molecule has 5 nitrogen and oxygen atoms in total. The first-order chi connectivity index (χ1) is 13.6. The number of carbonyl (C=O) groups is 1. The summed E-state index contributed by atoms with van der Waals surface area (Å²) in [5, 5.41) is 7.43. The molecule has 1 fully saturated rings. The van der Waals surface area contributed by atoms with Crippen molar-refractivity contribution >= 4 is 33.2 Å². The Balaban J connectivity index is 1.52. The molecule has 0 unspecified atom stereocenters. The van der Waals surface area contributed by atoms with Crippen LogP contribution in [-0.2, 0) is 0 Å². The van der Waals surface area contributed by atoms with Crippen LogP contribution >= 0.6 is 15.9 Å². The number of carbonyl (C=O) groups excluding carboxylic acids is 1. The first kappa shape index (κ1) is 18.7. The van der Waals surface area contributed by atoms with Crippen molar-refractivity contribution in [1.82, 2.24) is 9.78 Å². The fraction of sp³-hybridized carbons (Fsp3) is 0.273. The molecule has 1 N–H and O–H groups in total. The average Bonchev–Trinajstić information content (AvgIpc) is 3.11. The number of amides is 1. The van der Waals surface area contributed by atoms with E-state index in [1.807, 2.05) is 43.3 Å². The van der Waals surface area contributed by atoms with Crippen LogP contribution in [0.15, 0.2) is 59.2 Å². The molecule has 0 atom stereocenters. The molecule has 144 valence electrons. The third-order valence-corrected chi connectivity index (χ3v) is 5.68. The average molecular weight is 439 g/mol. The second-order valence-corrected chi connectivity index (χ2v) is 8.00. The van der Waals surface area contributed by atoms with Crippen LogP contribution in [0.25, 0.3) is 5.69 Å². The molecule has 1 amide bonds. The van der Waals surface area contributed by atoms with Crippen molar-refractivity contribution in [2.45, 2.75) is 26.2 Å². The fourth-order valence-electron chi connectivity index (χ4n) is 3.61. The highest BCUT2D eigenvalue weighted by Crippen LogP contribution is 2.24. The summed E-state index contributed by atoms with van der Waals surface area (Å²) < 4.78 is 2.79. The minimum absolute atomic E-state index is 0.142. The lowest BCUT2D eigenvalue weighted by molar-refractivity contribution is 0.102. The van der Waals surface area contributed by atoms with Crippen LogP contribution in [0, 0.1) is 6.92 Å². The summed E-state index contributed by atoms with van der Waals surface area (Å²) in [6.45, 7) is 4.07. The van der Waals surface area contributed by atoms with Gasteiger partial charge in [0.1, 0.15) is 0 Å². The quantitative estimate of drug-likeness (QED) is 0.609. The topological polar surface area (TPSA) is 50.2 Å². The van der Waals surface area contributed by atoms with Gasteiger partial charge < -0.3 is 10.2 Å². The first-order valence-corrected chi connectivity index (χ1v) is 10.4. The van der Waals surface area contributed by atoms with E-state index in [-0.39, 0.29) is 5.91 Å². The number of halogens is 1. The zero-order valence-electron chi connectivity index (χ0n) is 15.9. The summed E-state index contributed by atoms with van der Waals surface area (Å²) in [5.74, 6) is -0.142. The Morgan fingerprint density at radius 1 is 1.04 bits per heavy atom. The second-order valence-electron chi connectivity index (χ2n) is 7.08. The zero-order valence-corrected chi connectivity index (χ0v) is 17.4. The third-order valence-electron chi connectivity index (χ3n) is 5.15. The van der Waals surface area contributed by atoms with Crippen LogP contribution in [0.5, 0.6) is 0 Å². The van der Waals surface area contributed by atoms with E-state index in [1.165, 1.54) is 24.9 Å². The summed E-state index contributed by atoms with van der Waals surface area (Å²) in [7, 11) is 0. The summed E-state index contributed by atoms with van der Waals surface area (Å²) >= 11 is 3.44. The molecule has 1 aliphatic heterocycles. The summed E-state index contributed by atoms with van der Waals surface area (Å²) in [6.07, 6.45) is 5.38. The number of rotatable bonds is 4. The van der Waals surface area contributed by atoms with Gasteiger partial charge in [0.05, 0.1) is 23.1 Å². The number of nitrogens with one attached hydrogen (secondary N) is 1. The van der Waals surface area contributed by atoms with Gasteiger partial charge in [-0.1, -0.05) is 22.0 Å². The van der Waals surface area contributed by atoms with Crippen molar-refractivity contribution in [2.75, 3.05) is 23.3 Å². The van der Waals surface area contributed by atoms with E-state index >= 15 is 0 Å². The Hall–Kier alpha value is -2.60. The lowest BCUT2D eigenvalue weighted by atomic mass is 10.1. The molecule has 6 heteroatoms. The maximum absolute atomic E-state index is 12.8. The van der Waals surface area contributed by atoms with Gasteiger partial charge in [0, 0.05) is 28.9 Å². The van der Waals surface area contributed by atoms with Crippen LogP contribution in [0.2, 0.25) is 0 Å². The monoisotopic (exact) mass is 438 g/mol. The molecule has 0 radical (unpaired) electrons.